The summed E-state index contributed by atoms with van der Waals surface area (Å²) in [6, 6.07) is 35.7. The molecule has 1 unspecified atom stereocenters. The normalized spacial score (nSPS) is 25.0. The van der Waals surface area contributed by atoms with Gasteiger partial charge in [0.25, 0.3) is 0 Å². The number of aliphatic hydroxyl groups is 1. The number of aliphatic hydroxyl groups excluding tert-OH is 1. The summed E-state index contributed by atoms with van der Waals surface area (Å²) in [4.78, 5) is 0. The van der Waals surface area contributed by atoms with Gasteiger partial charge in [0.1, 0.15) is 11.7 Å². The average molecular weight is 677 g/mol. The standard InChI is InChI=1S/C44H52O6/c1-5-25-46-26-13-12-14-35-20-22-36(23-21-35)27-39-28-40(24-19-32(39)2)44-42(48-30-38-17-10-7-11-18-38)41(47-29-37-15-8-6-9-16-37)33(3)43(50-44,31-49-44)34(4)45/h5-11,15-24,28,33-34,41-42,45H,1,12-14,25-27,29-31H2,2-4H3/t33-,34?,41-,42+,43-,44-/m0/s1. The number of rotatable bonds is 17. The third kappa shape index (κ3) is 7.97. The molecule has 0 saturated carbocycles. The largest absolute Gasteiger partial charge is 0.390 e. The van der Waals surface area contributed by atoms with Crippen molar-refractivity contribution in [2.45, 2.75) is 89.4 Å². The first kappa shape index (κ1) is 36.2. The van der Waals surface area contributed by atoms with Crippen LogP contribution in [-0.2, 0) is 55.5 Å². The minimum Gasteiger partial charge on any atom is -0.390 e. The third-order valence-corrected chi connectivity index (χ3v) is 10.5. The molecule has 264 valence electrons. The zero-order chi connectivity index (χ0) is 35.0. The van der Waals surface area contributed by atoms with Crippen molar-refractivity contribution < 1.29 is 28.8 Å². The summed E-state index contributed by atoms with van der Waals surface area (Å²) in [5, 5.41) is 11.3. The van der Waals surface area contributed by atoms with Gasteiger partial charge in [0.2, 0.25) is 5.79 Å². The van der Waals surface area contributed by atoms with Crippen molar-refractivity contribution in [3.8, 4) is 0 Å². The van der Waals surface area contributed by atoms with Crippen LogP contribution in [-0.4, -0.2) is 48.8 Å². The van der Waals surface area contributed by atoms with Crippen LogP contribution in [0, 0.1) is 12.8 Å². The van der Waals surface area contributed by atoms with Crippen LogP contribution < -0.4 is 0 Å². The fourth-order valence-electron chi connectivity index (χ4n) is 7.36. The lowest BCUT2D eigenvalue weighted by molar-refractivity contribution is -0.343. The zero-order valence-corrected chi connectivity index (χ0v) is 29.8. The van der Waals surface area contributed by atoms with Crippen LogP contribution in [0.3, 0.4) is 0 Å². The first-order valence-electron chi connectivity index (χ1n) is 18.0. The van der Waals surface area contributed by atoms with Crippen molar-refractivity contribution in [3.05, 3.63) is 155 Å². The highest BCUT2D eigenvalue weighted by atomic mass is 16.8. The maximum Gasteiger partial charge on any atom is 0.225 e. The van der Waals surface area contributed by atoms with E-state index >= 15 is 0 Å². The number of hydrogen-bond acceptors (Lipinski definition) is 6. The molecule has 2 bridgehead atoms. The van der Waals surface area contributed by atoms with Crippen molar-refractivity contribution in [2.75, 3.05) is 19.8 Å². The van der Waals surface area contributed by atoms with Crippen LogP contribution in [0.1, 0.15) is 65.6 Å². The predicted molar refractivity (Wildman–Crippen MR) is 197 cm³/mol. The lowest BCUT2D eigenvalue weighted by atomic mass is 9.75. The van der Waals surface area contributed by atoms with Gasteiger partial charge in [-0.15, -0.1) is 6.58 Å². The van der Waals surface area contributed by atoms with Gasteiger partial charge in [-0.2, -0.15) is 0 Å². The second kappa shape index (κ2) is 16.6. The third-order valence-electron chi connectivity index (χ3n) is 10.5. The minimum absolute atomic E-state index is 0.217. The molecule has 2 aliphatic heterocycles. The van der Waals surface area contributed by atoms with E-state index in [0.717, 1.165) is 49.0 Å². The molecule has 4 aromatic carbocycles. The highest BCUT2D eigenvalue weighted by molar-refractivity contribution is 5.39. The Balaban J connectivity index is 1.28. The molecule has 0 spiro atoms. The summed E-state index contributed by atoms with van der Waals surface area (Å²) >= 11 is 0. The molecule has 2 heterocycles. The molecule has 6 rings (SSSR count). The quantitative estimate of drug-likeness (QED) is 0.0898. The van der Waals surface area contributed by atoms with Gasteiger partial charge in [0.15, 0.2) is 0 Å². The van der Waals surface area contributed by atoms with E-state index in [9.17, 15) is 5.11 Å². The van der Waals surface area contributed by atoms with E-state index in [0.29, 0.717) is 19.8 Å². The van der Waals surface area contributed by atoms with Crippen molar-refractivity contribution in [2.24, 2.45) is 5.92 Å². The monoisotopic (exact) mass is 676 g/mol. The van der Waals surface area contributed by atoms with Crippen molar-refractivity contribution in [1.82, 2.24) is 0 Å². The van der Waals surface area contributed by atoms with Crippen LogP contribution in [0.25, 0.3) is 0 Å². The van der Waals surface area contributed by atoms with Gasteiger partial charge < -0.3 is 28.8 Å². The molecule has 2 saturated heterocycles. The van der Waals surface area contributed by atoms with Gasteiger partial charge in [-0.25, -0.2) is 0 Å². The number of aryl methyl sites for hydroxylation is 2. The Morgan fingerprint density at radius 1 is 0.860 bits per heavy atom. The molecule has 4 aromatic rings. The second-order valence-corrected chi connectivity index (χ2v) is 13.9. The van der Waals surface area contributed by atoms with Gasteiger partial charge in [0, 0.05) is 18.1 Å². The highest BCUT2D eigenvalue weighted by Crippen LogP contribution is 2.55. The fraction of sp³-hybridized carbons (Fsp3) is 0.409. The Labute approximate surface area is 298 Å². The molecule has 2 fully saturated rings. The van der Waals surface area contributed by atoms with Crippen molar-refractivity contribution in [1.29, 1.82) is 0 Å². The molecule has 50 heavy (non-hydrogen) atoms. The molecular weight excluding hydrogens is 624 g/mol. The maximum absolute atomic E-state index is 11.3. The van der Waals surface area contributed by atoms with Crippen LogP contribution in [0.5, 0.6) is 0 Å². The Morgan fingerprint density at radius 3 is 2.18 bits per heavy atom. The van der Waals surface area contributed by atoms with E-state index in [1.165, 1.54) is 22.3 Å². The van der Waals surface area contributed by atoms with Gasteiger partial charge in [-0.1, -0.05) is 110 Å². The Bertz CT molecular complexity index is 1660. The van der Waals surface area contributed by atoms with E-state index in [1.807, 2.05) is 36.4 Å². The predicted octanol–water partition coefficient (Wildman–Crippen LogP) is 8.25. The molecule has 0 aromatic heterocycles. The Morgan fingerprint density at radius 2 is 1.52 bits per heavy atom. The Hall–Kier alpha value is -3.62. The molecule has 6 heteroatoms. The molecule has 0 amide bonds. The van der Waals surface area contributed by atoms with E-state index in [1.54, 1.807) is 13.0 Å². The van der Waals surface area contributed by atoms with Gasteiger partial charge >= 0.3 is 0 Å². The van der Waals surface area contributed by atoms with E-state index in [2.05, 4.69) is 87.2 Å². The molecule has 6 atom stereocenters. The molecule has 6 nitrogen and oxygen atoms in total. The lowest BCUT2D eigenvalue weighted by Gasteiger charge is -2.51. The van der Waals surface area contributed by atoms with Gasteiger partial charge in [-0.05, 0) is 79.0 Å². The number of benzene rings is 4. The summed E-state index contributed by atoms with van der Waals surface area (Å²) in [5.74, 6) is -1.49. The van der Waals surface area contributed by atoms with Crippen LogP contribution >= 0.6 is 0 Å². The van der Waals surface area contributed by atoms with Gasteiger partial charge in [0.05, 0.1) is 38.6 Å². The lowest BCUT2D eigenvalue weighted by Crippen LogP contribution is -2.65. The number of ether oxygens (including phenoxy) is 5. The van der Waals surface area contributed by atoms with Crippen LogP contribution in [0.2, 0.25) is 0 Å². The summed E-state index contributed by atoms with van der Waals surface area (Å²) in [6.07, 6.45) is 3.91. The second-order valence-electron chi connectivity index (χ2n) is 13.9. The topological polar surface area (TPSA) is 66.4 Å². The number of unbranched alkanes of at least 4 members (excludes halogenated alkanes) is 1. The average Bonchev–Trinajstić information content (AvgIpc) is 3.52. The van der Waals surface area contributed by atoms with Crippen molar-refractivity contribution >= 4 is 0 Å². The van der Waals surface area contributed by atoms with E-state index in [-0.39, 0.29) is 12.5 Å². The minimum atomic E-state index is -1.28. The summed E-state index contributed by atoms with van der Waals surface area (Å²) in [6.45, 7) is 12.1. The maximum atomic E-state index is 11.3. The summed E-state index contributed by atoms with van der Waals surface area (Å²) in [5.41, 5.74) is 6.98. The molecule has 0 aliphatic carbocycles. The van der Waals surface area contributed by atoms with E-state index < -0.39 is 29.7 Å². The number of fused-ring (bicyclic) bond motifs is 2. The van der Waals surface area contributed by atoms with Gasteiger partial charge in [-0.3, -0.25) is 0 Å². The van der Waals surface area contributed by atoms with Crippen molar-refractivity contribution in [3.63, 3.8) is 0 Å². The number of hydrogen-bond donors (Lipinski definition) is 1. The fourth-order valence-corrected chi connectivity index (χ4v) is 7.36. The molecule has 2 aliphatic rings. The molecule has 0 radical (unpaired) electrons. The smallest absolute Gasteiger partial charge is 0.225 e. The molecular formula is C44H52O6. The highest BCUT2D eigenvalue weighted by Gasteiger charge is 2.69. The Kier molecular flexibility index (Phi) is 12.0. The molecule has 1 N–H and O–H groups in total. The summed E-state index contributed by atoms with van der Waals surface area (Å²) in [7, 11) is 0. The summed E-state index contributed by atoms with van der Waals surface area (Å²) < 4.78 is 33.0. The van der Waals surface area contributed by atoms with Crippen LogP contribution in [0.15, 0.2) is 116 Å². The SMILES string of the molecule is C=CCOCCCCc1ccc(Cc2cc([C@]34OC[C@](C(C)O)(O3)[C@@H](C)[C@H](OCc3ccccc3)[C@H]4OCc3ccccc3)ccc2C)cc1. The first-order valence-corrected chi connectivity index (χ1v) is 18.0. The van der Waals surface area contributed by atoms with E-state index in [4.69, 9.17) is 23.7 Å². The zero-order valence-electron chi connectivity index (χ0n) is 29.8. The van der Waals surface area contributed by atoms with Crippen LogP contribution in [0.4, 0.5) is 0 Å². The first-order chi connectivity index (χ1) is 24.3.